The van der Waals surface area contributed by atoms with Crippen molar-refractivity contribution in [2.24, 2.45) is 35.5 Å². The van der Waals surface area contributed by atoms with Gasteiger partial charge in [0.25, 0.3) is 0 Å². The topological polar surface area (TPSA) is 373 Å². The second-order valence-corrected chi connectivity index (χ2v) is 22.5. The van der Waals surface area contributed by atoms with Crippen molar-refractivity contribution in [1.29, 1.82) is 0 Å². The van der Waals surface area contributed by atoms with Gasteiger partial charge in [-0.1, -0.05) is 123 Å². The van der Waals surface area contributed by atoms with E-state index in [1.807, 2.05) is 98.8 Å². The quantitative estimate of drug-likeness (QED) is 0.0173. The highest BCUT2D eigenvalue weighted by molar-refractivity contribution is 5.91. The maximum absolute atomic E-state index is 11.4. The number of fused-ring (bicyclic) bond motifs is 3. The number of carboxylic acids is 10. The average Bonchev–Trinajstić information content (AvgIpc) is 1.83. The number of rotatable bonds is 37. The second-order valence-electron chi connectivity index (χ2n) is 22.5. The number of carbonyl (C=O) groups is 10. The third-order valence-electron chi connectivity index (χ3n) is 16.3. The second kappa shape index (κ2) is 36.8. The summed E-state index contributed by atoms with van der Waals surface area (Å²) in [4.78, 5) is 111. The molecule has 89 heavy (non-hydrogen) atoms. The van der Waals surface area contributed by atoms with Gasteiger partial charge < -0.3 is 51.1 Å². The predicted octanol–water partition coefficient (Wildman–Crippen LogP) is 12.2. The van der Waals surface area contributed by atoms with Crippen molar-refractivity contribution in [2.75, 3.05) is 0 Å². The number of aryl methyl sites for hydroxylation is 4. The Balaban J connectivity index is 0.000000287. The highest BCUT2D eigenvalue weighted by Gasteiger charge is 2.26. The first kappa shape index (κ1) is 72.3. The Morgan fingerprint density at radius 3 is 0.798 bits per heavy atom. The number of benzene rings is 6. The first-order chi connectivity index (χ1) is 42.3. The first-order valence-electron chi connectivity index (χ1n) is 30.1. The molecule has 0 bridgehead atoms. The molecule has 478 valence electrons. The zero-order chi connectivity index (χ0) is 65.7. The molecule has 0 aromatic heterocycles. The van der Waals surface area contributed by atoms with Crippen LogP contribution in [-0.2, 0) is 86.5 Å². The minimum absolute atomic E-state index is 0.110. The largest absolute Gasteiger partial charge is 0.481 e. The molecule has 6 aromatic carbocycles. The van der Waals surface area contributed by atoms with Crippen LogP contribution in [0.4, 0.5) is 0 Å². The lowest BCUT2D eigenvalue weighted by atomic mass is 9.88. The van der Waals surface area contributed by atoms with Gasteiger partial charge in [-0.05, 0) is 175 Å². The number of carboxylic acid groups (broad SMARTS) is 10. The predicted molar refractivity (Wildman–Crippen MR) is 332 cm³/mol. The highest BCUT2D eigenvalue weighted by Crippen LogP contribution is 2.31. The van der Waals surface area contributed by atoms with Crippen molar-refractivity contribution in [1.82, 2.24) is 0 Å². The Kier molecular flexibility index (Phi) is 29.9. The van der Waals surface area contributed by atoms with Crippen LogP contribution in [0, 0.1) is 35.5 Å². The average molecular weight is 1230 g/mol. The molecule has 0 saturated carbocycles. The Morgan fingerprint density at radius 1 is 0.281 bits per heavy atom. The van der Waals surface area contributed by atoms with Crippen molar-refractivity contribution in [3.8, 4) is 0 Å². The number of hydrogen-bond acceptors (Lipinski definition) is 10. The normalized spacial score (nSPS) is 13.1. The third-order valence-corrected chi connectivity index (χ3v) is 16.3. The first-order valence-corrected chi connectivity index (χ1v) is 30.1. The summed E-state index contributed by atoms with van der Waals surface area (Å²) in [5, 5.41) is 97.1. The van der Waals surface area contributed by atoms with E-state index in [9.17, 15) is 78.6 Å². The van der Waals surface area contributed by atoms with Crippen LogP contribution in [0.25, 0.3) is 32.3 Å². The van der Waals surface area contributed by atoms with E-state index in [1.54, 1.807) is 6.07 Å². The maximum atomic E-state index is 11.4. The Labute approximate surface area is 515 Å². The molecule has 0 radical (unpaired) electrons. The van der Waals surface area contributed by atoms with Crippen LogP contribution >= 0.6 is 0 Å². The molecule has 0 saturated heterocycles. The van der Waals surface area contributed by atoms with Crippen LogP contribution in [-0.4, -0.2) is 111 Å². The van der Waals surface area contributed by atoms with E-state index < -0.39 is 102 Å². The monoisotopic (exact) mass is 1230 g/mol. The van der Waals surface area contributed by atoms with E-state index >= 15 is 0 Å². The molecule has 20 heteroatoms. The van der Waals surface area contributed by atoms with E-state index in [2.05, 4.69) is 18.2 Å². The lowest BCUT2D eigenvalue weighted by molar-refractivity contribution is -0.148. The molecule has 6 atom stereocenters. The number of hydrogen-bond donors (Lipinski definition) is 10. The molecular weight excluding hydrogens is 1150 g/mol. The molecule has 0 aliphatic carbocycles. The van der Waals surface area contributed by atoms with Crippen LogP contribution in [0.15, 0.2) is 109 Å². The zero-order valence-corrected chi connectivity index (χ0v) is 50.3. The van der Waals surface area contributed by atoms with Crippen molar-refractivity contribution >= 4 is 92.0 Å². The van der Waals surface area contributed by atoms with E-state index in [-0.39, 0.29) is 38.0 Å². The highest BCUT2D eigenvalue weighted by atomic mass is 16.4. The minimum atomic E-state index is -1.15. The van der Waals surface area contributed by atoms with Crippen molar-refractivity contribution in [2.45, 2.75) is 149 Å². The van der Waals surface area contributed by atoms with Gasteiger partial charge in [0.2, 0.25) is 0 Å². The summed E-state index contributed by atoms with van der Waals surface area (Å²) < 4.78 is 0. The summed E-state index contributed by atoms with van der Waals surface area (Å²) in [5.41, 5.74) is 6.07. The van der Waals surface area contributed by atoms with E-state index in [0.717, 1.165) is 73.0 Å². The van der Waals surface area contributed by atoms with Crippen LogP contribution in [0.1, 0.15) is 144 Å². The van der Waals surface area contributed by atoms with E-state index in [4.69, 9.17) is 20.4 Å². The maximum Gasteiger partial charge on any atom is 0.307 e. The molecule has 0 spiro atoms. The third kappa shape index (κ3) is 23.8. The standard InChI is InChI=1S/C25H30O8.C24H30O6.C20H22O6/c26-22(27)14-13-18(24(30)31)7-3-5-16-11-12-17(21-10-2-1-9-20(16)21)6-4-8-19(25(32)33)15-23(28)29;1-2-16(23(27)28)7-5-8-17-13-14-18(21-12-4-3-11-20(17)21)9-6-10-19(24(29)30)15-22(25)26;1-2-12(19(23)24)9-13-7-8-14(17-6-4-3-5-16(13)17)10-15(20(25)26)11-18(21)22/h1-2,9-12,18-19H,3-8,13-15H2,(H,26,27)(H,28,29)(H,30,31)(H,32,33);3-4,11-14,16,19H,2,5-10,15H2,1H3,(H,25,26)(H,27,28)(H,29,30);3-8,12,15H,2,9-11H2,1H3,(H,21,22)(H,23,24)(H,25,26). The molecule has 0 aliphatic heterocycles. The smallest absolute Gasteiger partial charge is 0.307 e. The summed E-state index contributed by atoms with van der Waals surface area (Å²) in [6.07, 6.45) is 7.45. The van der Waals surface area contributed by atoms with Crippen molar-refractivity contribution in [3.63, 3.8) is 0 Å². The van der Waals surface area contributed by atoms with Crippen LogP contribution in [0.5, 0.6) is 0 Å². The Hall–Kier alpha value is -9.20. The number of aliphatic carboxylic acids is 10. The lowest BCUT2D eigenvalue weighted by Gasteiger charge is -2.16. The van der Waals surface area contributed by atoms with Gasteiger partial charge in [0.15, 0.2) is 0 Å². The molecule has 6 unspecified atom stereocenters. The van der Waals surface area contributed by atoms with Gasteiger partial charge in [-0.3, -0.25) is 47.9 Å². The van der Waals surface area contributed by atoms with Gasteiger partial charge in [0, 0.05) is 6.42 Å². The summed E-state index contributed by atoms with van der Waals surface area (Å²) in [7, 11) is 0. The van der Waals surface area contributed by atoms with Gasteiger partial charge >= 0.3 is 59.7 Å². The van der Waals surface area contributed by atoms with E-state index in [1.165, 1.54) is 5.56 Å². The molecule has 6 aromatic rings. The summed E-state index contributed by atoms with van der Waals surface area (Å²) in [5.74, 6) is -14.5. The molecule has 0 amide bonds. The summed E-state index contributed by atoms with van der Waals surface area (Å²) in [6.45, 7) is 3.73. The van der Waals surface area contributed by atoms with Crippen molar-refractivity contribution in [3.05, 3.63) is 143 Å². The fourth-order valence-electron chi connectivity index (χ4n) is 11.3. The van der Waals surface area contributed by atoms with Gasteiger partial charge in [-0.2, -0.15) is 0 Å². The molecule has 0 aliphatic rings. The molecule has 6 rings (SSSR count). The SMILES string of the molecule is CCC(CCCc1ccc(CCCC(CC(=O)O)C(=O)O)c2ccccc12)C(=O)O.CCC(Cc1ccc(CC(CC(=O)O)C(=O)O)c2ccccc12)C(=O)O.O=C(O)CCC(CCCc1ccc(CCCC(CC(=O)O)C(=O)O)c2ccccc12)C(=O)O. The van der Waals surface area contributed by atoms with Crippen LogP contribution in [0.2, 0.25) is 0 Å². The molecule has 20 nitrogen and oxygen atoms in total. The Morgan fingerprint density at radius 2 is 0.528 bits per heavy atom. The zero-order valence-electron chi connectivity index (χ0n) is 50.3. The Bertz CT molecular complexity index is 3420. The fourth-order valence-corrected chi connectivity index (χ4v) is 11.3. The fraction of sp³-hybridized carbons (Fsp3) is 0.420. The van der Waals surface area contributed by atoms with Gasteiger partial charge in [-0.15, -0.1) is 0 Å². The van der Waals surface area contributed by atoms with Crippen LogP contribution in [0.3, 0.4) is 0 Å². The minimum Gasteiger partial charge on any atom is -0.481 e. The lowest BCUT2D eigenvalue weighted by Crippen LogP contribution is -2.20. The molecule has 0 fully saturated rings. The molecular formula is C69H82O20. The van der Waals surface area contributed by atoms with Gasteiger partial charge in [0.05, 0.1) is 54.8 Å². The molecule has 0 heterocycles. The molecule has 10 N–H and O–H groups in total. The van der Waals surface area contributed by atoms with Gasteiger partial charge in [0.1, 0.15) is 0 Å². The van der Waals surface area contributed by atoms with E-state index in [0.29, 0.717) is 77.0 Å². The van der Waals surface area contributed by atoms with Crippen LogP contribution < -0.4 is 0 Å². The summed E-state index contributed by atoms with van der Waals surface area (Å²) in [6, 6.07) is 35.0. The van der Waals surface area contributed by atoms with Gasteiger partial charge in [-0.25, -0.2) is 0 Å². The van der Waals surface area contributed by atoms with Crippen molar-refractivity contribution < 1.29 is 99.0 Å². The summed E-state index contributed by atoms with van der Waals surface area (Å²) >= 11 is 0.